The van der Waals surface area contributed by atoms with Crippen molar-refractivity contribution in [2.45, 2.75) is 110 Å². The Kier molecular flexibility index (Phi) is 15.5. The molecule has 0 spiro atoms. The summed E-state index contributed by atoms with van der Waals surface area (Å²) in [6.07, 6.45) is 4.99. The number of likely N-dealkylation sites (N-methyl/N-ethyl adjacent to an activating group) is 1. The third kappa shape index (κ3) is 11.5. The van der Waals surface area contributed by atoms with Crippen LogP contribution in [0.25, 0.3) is 0 Å². The number of hydrogen-bond donors (Lipinski definition) is 5. The van der Waals surface area contributed by atoms with Gasteiger partial charge in [0.05, 0.1) is 17.0 Å². The number of nitrogens with zero attached hydrogens (tertiary/aromatic N) is 3. The largest absolute Gasteiger partial charge is 0.508 e. The molecular weight excluding hydrogens is 646 g/mol. The van der Waals surface area contributed by atoms with Crippen LogP contribution in [0.4, 0.5) is 0 Å². The van der Waals surface area contributed by atoms with E-state index >= 15 is 0 Å². The molecule has 1 aromatic carbocycles. The SMILES string of the molecule is CCC(C)C(NC(=O)C1CCCCN1C)C(=O)N(CO)C(CCc1nc(C(=O)NC(Cc2ccc(O)cc2)CC(C)C(=O)O)cs1)C(C)C. The Balaban J connectivity index is 1.70. The molecule has 0 aliphatic carbocycles. The normalized spacial score (nSPS) is 18.2. The first kappa shape index (κ1) is 39.9. The van der Waals surface area contributed by atoms with Gasteiger partial charge >= 0.3 is 5.97 Å². The smallest absolute Gasteiger partial charge is 0.306 e. The van der Waals surface area contributed by atoms with Gasteiger partial charge in [-0.1, -0.05) is 59.6 Å². The maximum atomic E-state index is 14.0. The lowest BCUT2D eigenvalue weighted by Gasteiger charge is -2.38. The van der Waals surface area contributed by atoms with Gasteiger partial charge in [-0.15, -0.1) is 11.3 Å². The zero-order valence-corrected chi connectivity index (χ0v) is 30.5. The van der Waals surface area contributed by atoms with E-state index < -0.39 is 36.6 Å². The van der Waals surface area contributed by atoms with Gasteiger partial charge in [-0.05, 0) is 75.2 Å². The quantitative estimate of drug-likeness (QED) is 0.144. The number of hydrogen-bond acceptors (Lipinski definition) is 9. The van der Waals surface area contributed by atoms with E-state index in [1.54, 1.807) is 36.6 Å². The summed E-state index contributed by atoms with van der Waals surface area (Å²) >= 11 is 1.33. The number of thiazole rings is 1. The standard InChI is InChI=1S/C36H55N5O7S/c1-7-23(4)32(39-34(45)30-10-8-9-17-40(30)6)35(46)41(21-42)29(22(2)3)15-16-31-38-28(20-49-31)33(44)37-26(18-24(5)36(47)48)19-25-11-13-27(43)14-12-25/h11-14,20,22-24,26,29-30,32,42-43H,7-10,15-19,21H2,1-6H3,(H,37,44)(H,39,45)(H,47,48). The van der Waals surface area contributed by atoms with E-state index in [1.165, 1.54) is 16.2 Å². The molecule has 1 aromatic heterocycles. The first-order valence-corrected chi connectivity index (χ1v) is 18.3. The molecule has 1 aliphatic rings. The molecule has 2 heterocycles. The number of carbonyl (C=O) groups excluding carboxylic acids is 3. The Bertz CT molecular complexity index is 1380. The highest BCUT2D eigenvalue weighted by molar-refractivity contribution is 7.09. The fourth-order valence-electron chi connectivity index (χ4n) is 6.40. The van der Waals surface area contributed by atoms with E-state index in [1.807, 2.05) is 39.6 Å². The molecule has 6 atom stereocenters. The van der Waals surface area contributed by atoms with Crippen LogP contribution < -0.4 is 10.6 Å². The summed E-state index contributed by atoms with van der Waals surface area (Å²) in [6.45, 7) is 9.83. The summed E-state index contributed by atoms with van der Waals surface area (Å²) in [6, 6.07) is 4.71. The number of aromatic nitrogens is 1. The maximum absolute atomic E-state index is 14.0. The van der Waals surface area contributed by atoms with Gasteiger partial charge in [0, 0.05) is 23.9 Å². The number of aliphatic hydroxyl groups is 1. The summed E-state index contributed by atoms with van der Waals surface area (Å²) in [4.78, 5) is 60.2. The number of aliphatic hydroxyl groups excluding tert-OH is 1. The second kappa shape index (κ2) is 19.0. The van der Waals surface area contributed by atoms with Gasteiger partial charge in [0.1, 0.15) is 24.2 Å². The second-order valence-corrected chi connectivity index (χ2v) is 14.7. The first-order valence-electron chi connectivity index (χ1n) is 17.4. The van der Waals surface area contributed by atoms with E-state index in [4.69, 9.17) is 0 Å². The Morgan fingerprint density at radius 3 is 2.37 bits per heavy atom. The van der Waals surface area contributed by atoms with Crippen LogP contribution in [0, 0.1) is 17.8 Å². The molecule has 5 N–H and O–H groups in total. The van der Waals surface area contributed by atoms with Crippen molar-refractivity contribution in [2.24, 2.45) is 17.8 Å². The van der Waals surface area contributed by atoms with Gasteiger partial charge < -0.3 is 30.9 Å². The predicted octanol–water partition coefficient (Wildman–Crippen LogP) is 4.05. The number of piperidine rings is 1. The number of carboxylic acid groups (broad SMARTS) is 1. The fourth-order valence-corrected chi connectivity index (χ4v) is 7.20. The van der Waals surface area contributed by atoms with Crippen molar-refractivity contribution < 1.29 is 34.5 Å². The second-order valence-electron chi connectivity index (χ2n) is 13.8. The van der Waals surface area contributed by atoms with E-state index in [-0.39, 0.29) is 53.6 Å². The lowest BCUT2D eigenvalue weighted by Crippen LogP contribution is -2.58. The van der Waals surface area contributed by atoms with Gasteiger partial charge in [0.2, 0.25) is 11.8 Å². The van der Waals surface area contributed by atoms with E-state index in [0.717, 1.165) is 31.4 Å². The Labute approximate surface area is 294 Å². The lowest BCUT2D eigenvalue weighted by molar-refractivity contribution is -0.146. The molecule has 0 bridgehead atoms. The van der Waals surface area contributed by atoms with Crippen LogP contribution in [0.2, 0.25) is 0 Å². The summed E-state index contributed by atoms with van der Waals surface area (Å²) in [7, 11) is 1.93. The van der Waals surface area contributed by atoms with Crippen LogP contribution in [-0.2, 0) is 27.2 Å². The number of likely N-dealkylation sites (tertiary alicyclic amines) is 1. The number of aryl methyl sites for hydroxylation is 1. The number of nitrogens with one attached hydrogen (secondary N) is 2. The molecule has 3 amide bonds. The molecule has 12 nitrogen and oxygen atoms in total. The molecule has 1 saturated heterocycles. The highest BCUT2D eigenvalue weighted by atomic mass is 32.1. The zero-order chi connectivity index (χ0) is 36.2. The van der Waals surface area contributed by atoms with Gasteiger partial charge in [0.15, 0.2) is 0 Å². The maximum Gasteiger partial charge on any atom is 0.306 e. The van der Waals surface area contributed by atoms with Gasteiger partial charge in [-0.3, -0.25) is 24.1 Å². The average Bonchev–Trinajstić information content (AvgIpc) is 3.55. The summed E-state index contributed by atoms with van der Waals surface area (Å²) < 4.78 is 0. The Hall–Kier alpha value is -3.55. The Morgan fingerprint density at radius 1 is 1.08 bits per heavy atom. The van der Waals surface area contributed by atoms with Crippen molar-refractivity contribution >= 4 is 35.0 Å². The van der Waals surface area contributed by atoms with Gasteiger partial charge in [-0.25, -0.2) is 4.98 Å². The minimum atomic E-state index is -0.953. The molecule has 0 saturated carbocycles. The topological polar surface area (TPSA) is 172 Å². The molecule has 3 rings (SSSR count). The van der Waals surface area contributed by atoms with Gasteiger partial charge in [0.25, 0.3) is 5.91 Å². The molecule has 1 aliphatic heterocycles. The minimum Gasteiger partial charge on any atom is -0.508 e. The molecule has 2 aromatic rings. The number of rotatable bonds is 18. The molecule has 1 fully saturated rings. The number of carboxylic acids is 1. The molecule has 0 radical (unpaired) electrons. The highest BCUT2D eigenvalue weighted by Gasteiger charge is 2.36. The molecule has 6 unspecified atom stereocenters. The lowest BCUT2D eigenvalue weighted by atomic mass is 9.93. The number of phenolic OH excluding ortho intramolecular Hbond substituents is 1. The number of aromatic hydroxyl groups is 1. The molecular formula is C36H55N5O7S. The molecule has 49 heavy (non-hydrogen) atoms. The fraction of sp³-hybridized carbons (Fsp3) is 0.639. The number of aliphatic carboxylic acids is 1. The third-order valence-corrected chi connectivity index (χ3v) is 10.6. The van der Waals surface area contributed by atoms with Crippen LogP contribution in [0.3, 0.4) is 0 Å². The molecule has 13 heteroatoms. The van der Waals surface area contributed by atoms with Crippen molar-refractivity contribution in [3.63, 3.8) is 0 Å². The Morgan fingerprint density at radius 2 is 1.78 bits per heavy atom. The van der Waals surface area contributed by atoms with Crippen LogP contribution in [0.15, 0.2) is 29.6 Å². The number of phenols is 1. The monoisotopic (exact) mass is 701 g/mol. The predicted molar refractivity (Wildman–Crippen MR) is 189 cm³/mol. The summed E-state index contributed by atoms with van der Waals surface area (Å²) in [5, 5.41) is 37.9. The summed E-state index contributed by atoms with van der Waals surface area (Å²) in [5.74, 6) is -2.53. The minimum absolute atomic E-state index is 0.00604. The van der Waals surface area contributed by atoms with Crippen molar-refractivity contribution in [3.8, 4) is 5.75 Å². The van der Waals surface area contributed by atoms with Crippen molar-refractivity contribution in [1.82, 2.24) is 25.4 Å². The number of carbonyl (C=O) groups is 4. The van der Waals surface area contributed by atoms with Crippen molar-refractivity contribution in [2.75, 3.05) is 20.3 Å². The first-order chi connectivity index (χ1) is 23.2. The van der Waals surface area contributed by atoms with Crippen molar-refractivity contribution in [1.29, 1.82) is 0 Å². The average molecular weight is 702 g/mol. The zero-order valence-electron chi connectivity index (χ0n) is 29.7. The van der Waals surface area contributed by atoms with Crippen LogP contribution in [-0.4, -0.2) is 98.3 Å². The van der Waals surface area contributed by atoms with Gasteiger partial charge in [-0.2, -0.15) is 0 Å². The van der Waals surface area contributed by atoms with E-state index in [0.29, 0.717) is 30.7 Å². The van der Waals surface area contributed by atoms with Crippen LogP contribution >= 0.6 is 11.3 Å². The third-order valence-electron chi connectivity index (χ3n) is 9.71. The van der Waals surface area contributed by atoms with E-state index in [2.05, 4.69) is 15.6 Å². The molecule has 272 valence electrons. The van der Waals surface area contributed by atoms with Crippen molar-refractivity contribution in [3.05, 3.63) is 45.9 Å². The number of benzene rings is 1. The van der Waals surface area contributed by atoms with Crippen LogP contribution in [0.5, 0.6) is 5.75 Å². The number of amides is 3. The van der Waals surface area contributed by atoms with Crippen LogP contribution in [0.1, 0.15) is 94.2 Å². The van der Waals surface area contributed by atoms with E-state index in [9.17, 15) is 34.5 Å². The summed E-state index contributed by atoms with van der Waals surface area (Å²) in [5.41, 5.74) is 1.07. The highest BCUT2D eigenvalue weighted by Crippen LogP contribution is 2.24.